The van der Waals surface area contributed by atoms with Crippen LogP contribution in [0.4, 0.5) is 0 Å². The lowest BCUT2D eigenvalue weighted by Crippen LogP contribution is -1.94. The Labute approximate surface area is 85.2 Å². The van der Waals surface area contributed by atoms with Gasteiger partial charge >= 0.3 is 7.82 Å². The normalized spacial score (nSPS) is 15.9. The minimum atomic E-state index is -3.44. The molecule has 0 atom stereocenters. The molecule has 0 saturated heterocycles. The Morgan fingerprint density at radius 1 is 1.14 bits per heavy atom. The fraction of sp³-hybridized carbons (Fsp3) is 0.556. The van der Waals surface area contributed by atoms with Gasteiger partial charge in [-0.1, -0.05) is 19.1 Å². The van der Waals surface area contributed by atoms with Gasteiger partial charge in [0.15, 0.2) is 0 Å². The molecule has 0 saturated carbocycles. The van der Waals surface area contributed by atoms with E-state index in [0.717, 1.165) is 6.42 Å². The molecular weight excluding hydrogens is 203 g/mol. The Hall–Kier alpha value is -0.730. The molecule has 5 heteroatoms. The van der Waals surface area contributed by atoms with Crippen molar-refractivity contribution in [1.82, 2.24) is 0 Å². The van der Waals surface area contributed by atoms with Gasteiger partial charge in [-0.25, -0.2) is 4.57 Å². The largest absolute Gasteiger partial charge is 0.586 e. The van der Waals surface area contributed by atoms with Crippen molar-refractivity contribution >= 4 is 7.82 Å². The van der Waals surface area contributed by atoms with E-state index in [0.29, 0.717) is 6.61 Å². The molecule has 14 heavy (non-hydrogen) atoms. The van der Waals surface area contributed by atoms with Crippen molar-refractivity contribution in [3.05, 3.63) is 24.7 Å². The summed E-state index contributed by atoms with van der Waals surface area (Å²) in [5.74, 6) is 0. The predicted molar refractivity (Wildman–Crippen MR) is 55.6 cm³/mol. The van der Waals surface area contributed by atoms with Crippen LogP contribution in [-0.4, -0.2) is 6.61 Å². The fourth-order valence-corrected chi connectivity index (χ4v) is 1.68. The van der Waals surface area contributed by atoms with Gasteiger partial charge in [-0.05, 0) is 20.3 Å². The summed E-state index contributed by atoms with van der Waals surface area (Å²) in [6.45, 7) is 5.75. The van der Waals surface area contributed by atoms with Crippen molar-refractivity contribution in [2.75, 3.05) is 6.61 Å². The molecule has 0 aliphatic carbocycles. The third-order valence-electron chi connectivity index (χ3n) is 1.11. The Kier molecular flexibility index (Phi) is 7.25. The van der Waals surface area contributed by atoms with Crippen LogP contribution in [0, 0.1) is 0 Å². The van der Waals surface area contributed by atoms with E-state index in [4.69, 9.17) is 13.6 Å². The number of rotatable bonds is 7. The molecule has 0 aromatic rings. The molecular formula is C9H17O4P. The summed E-state index contributed by atoms with van der Waals surface area (Å²) in [5.41, 5.74) is 0. The minimum absolute atomic E-state index is 0.340. The molecule has 0 unspecified atom stereocenters. The zero-order valence-electron chi connectivity index (χ0n) is 8.80. The van der Waals surface area contributed by atoms with E-state index in [9.17, 15) is 4.57 Å². The second-order valence-corrected chi connectivity index (χ2v) is 4.00. The average molecular weight is 220 g/mol. The van der Waals surface area contributed by atoms with E-state index in [1.165, 1.54) is 12.5 Å². The summed E-state index contributed by atoms with van der Waals surface area (Å²) in [4.78, 5) is 0. The molecule has 0 aromatic carbocycles. The Morgan fingerprint density at radius 2 is 1.64 bits per heavy atom. The second-order valence-electron chi connectivity index (χ2n) is 2.43. The van der Waals surface area contributed by atoms with E-state index in [1.807, 2.05) is 6.92 Å². The van der Waals surface area contributed by atoms with Crippen LogP contribution in [0.5, 0.6) is 0 Å². The standard InChI is InChI=1S/C9H17O4P/c1-4-7-11-14(10,12-8-5-2)13-9-6-3/h4-5,7-8H,6,9H2,1-3H3. The number of hydrogen-bond donors (Lipinski definition) is 0. The van der Waals surface area contributed by atoms with Crippen molar-refractivity contribution in [2.45, 2.75) is 27.2 Å². The van der Waals surface area contributed by atoms with Gasteiger partial charge in [0.2, 0.25) is 0 Å². The maximum atomic E-state index is 11.7. The Morgan fingerprint density at radius 3 is 2.00 bits per heavy atom. The van der Waals surface area contributed by atoms with Crippen molar-refractivity contribution in [2.24, 2.45) is 0 Å². The Bertz CT molecular complexity index is 217. The molecule has 0 bridgehead atoms. The lowest BCUT2D eigenvalue weighted by Gasteiger charge is -2.13. The summed E-state index contributed by atoms with van der Waals surface area (Å²) < 4.78 is 26.4. The molecule has 82 valence electrons. The monoisotopic (exact) mass is 220 g/mol. The molecule has 4 nitrogen and oxygen atoms in total. The SMILES string of the molecule is CC=COP(=O)(OC=CC)OCCC. The van der Waals surface area contributed by atoms with Crippen molar-refractivity contribution in [3.63, 3.8) is 0 Å². The summed E-state index contributed by atoms with van der Waals surface area (Å²) in [6.07, 6.45) is 6.56. The van der Waals surface area contributed by atoms with Gasteiger partial charge in [-0.15, -0.1) is 0 Å². The molecule has 0 radical (unpaired) electrons. The average Bonchev–Trinajstić information content (AvgIpc) is 2.21. The maximum absolute atomic E-state index is 11.7. The van der Waals surface area contributed by atoms with Crippen LogP contribution in [0.15, 0.2) is 24.7 Å². The first-order chi connectivity index (χ1) is 6.68. The van der Waals surface area contributed by atoms with Crippen LogP contribution < -0.4 is 0 Å². The summed E-state index contributed by atoms with van der Waals surface area (Å²) in [6, 6.07) is 0. The molecule has 0 aromatic heterocycles. The first-order valence-electron chi connectivity index (χ1n) is 4.52. The molecule has 0 aliphatic rings. The third-order valence-corrected chi connectivity index (χ3v) is 2.36. The zero-order chi connectivity index (χ0) is 10.9. The molecule has 0 amide bonds. The number of phosphoric ester groups is 1. The summed E-state index contributed by atoms with van der Waals surface area (Å²) in [5, 5.41) is 0. The van der Waals surface area contributed by atoms with E-state index < -0.39 is 7.82 Å². The lowest BCUT2D eigenvalue weighted by atomic mass is 10.5. The minimum Gasteiger partial charge on any atom is -0.403 e. The van der Waals surface area contributed by atoms with Crippen molar-refractivity contribution in [1.29, 1.82) is 0 Å². The highest BCUT2D eigenvalue weighted by atomic mass is 31.2. The summed E-state index contributed by atoms with van der Waals surface area (Å²) in [7, 11) is -3.44. The zero-order valence-corrected chi connectivity index (χ0v) is 9.70. The molecule has 0 spiro atoms. The van der Waals surface area contributed by atoms with E-state index in [-0.39, 0.29) is 0 Å². The third kappa shape index (κ3) is 5.84. The molecule has 0 heterocycles. The molecule has 0 N–H and O–H groups in total. The van der Waals surface area contributed by atoms with Gasteiger partial charge < -0.3 is 9.05 Å². The second kappa shape index (κ2) is 7.65. The highest BCUT2D eigenvalue weighted by molar-refractivity contribution is 7.48. The maximum Gasteiger partial charge on any atom is 0.586 e. The van der Waals surface area contributed by atoms with E-state index in [2.05, 4.69) is 0 Å². The Balaban J connectivity index is 4.24. The molecule has 0 aliphatic heterocycles. The van der Waals surface area contributed by atoms with Gasteiger partial charge in [0.1, 0.15) is 0 Å². The molecule has 0 fully saturated rings. The molecule has 0 rings (SSSR count). The van der Waals surface area contributed by atoms with Crippen molar-refractivity contribution in [3.8, 4) is 0 Å². The first kappa shape index (κ1) is 13.3. The van der Waals surface area contributed by atoms with Crippen LogP contribution in [0.3, 0.4) is 0 Å². The fourth-order valence-electron chi connectivity index (χ4n) is 0.560. The van der Waals surface area contributed by atoms with Gasteiger partial charge in [0.25, 0.3) is 0 Å². The van der Waals surface area contributed by atoms with Crippen LogP contribution >= 0.6 is 7.82 Å². The van der Waals surface area contributed by atoms with Gasteiger partial charge in [-0.3, -0.25) is 4.52 Å². The topological polar surface area (TPSA) is 44.8 Å². The van der Waals surface area contributed by atoms with E-state index in [1.54, 1.807) is 26.0 Å². The smallest absolute Gasteiger partial charge is 0.403 e. The predicted octanol–water partition coefficient (Wildman–Crippen LogP) is 3.62. The number of allylic oxidation sites excluding steroid dienone is 2. The number of phosphoric acid groups is 1. The lowest BCUT2D eigenvalue weighted by molar-refractivity contribution is 0.179. The van der Waals surface area contributed by atoms with Crippen LogP contribution in [-0.2, 0) is 18.1 Å². The van der Waals surface area contributed by atoms with Crippen LogP contribution in [0.25, 0.3) is 0 Å². The number of hydrogen-bond acceptors (Lipinski definition) is 4. The quantitative estimate of drug-likeness (QED) is 0.485. The van der Waals surface area contributed by atoms with Gasteiger partial charge in [0, 0.05) is 0 Å². The highest BCUT2D eigenvalue weighted by Gasteiger charge is 2.26. The van der Waals surface area contributed by atoms with Gasteiger partial charge in [0.05, 0.1) is 19.1 Å². The summed E-state index contributed by atoms with van der Waals surface area (Å²) >= 11 is 0. The van der Waals surface area contributed by atoms with Crippen LogP contribution in [0.2, 0.25) is 0 Å². The van der Waals surface area contributed by atoms with Crippen molar-refractivity contribution < 1.29 is 18.1 Å². The first-order valence-corrected chi connectivity index (χ1v) is 5.98. The van der Waals surface area contributed by atoms with Gasteiger partial charge in [-0.2, -0.15) is 0 Å². The van der Waals surface area contributed by atoms with Crippen LogP contribution in [0.1, 0.15) is 27.2 Å². The van der Waals surface area contributed by atoms with E-state index >= 15 is 0 Å². The highest BCUT2D eigenvalue weighted by Crippen LogP contribution is 2.50.